The van der Waals surface area contributed by atoms with Gasteiger partial charge in [-0.15, -0.1) is 6.42 Å². The van der Waals surface area contributed by atoms with E-state index in [1.54, 1.807) is 6.92 Å². The summed E-state index contributed by atoms with van der Waals surface area (Å²) in [6, 6.07) is -0.758. The van der Waals surface area contributed by atoms with Crippen LogP contribution in [0.2, 0.25) is 0 Å². The number of aliphatic hydroxyl groups is 2. The summed E-state index contributed by atoms with van der Waals surface area (Å²) >= 11 is 0. The number of nitrogens with zero attached hydrogens (tertiary/aromatic N) is 1. The Labute approximate surface area is 197 Å². The molecule has 3 heterocycles. The molecule has 3 fully saturated rings. The maximum atomic E-state index is 13.0. The van der Waals surface area contributed by atoms with Crippen LogP contribution in [-0.4, -0.2) is 76.7 Å². The molecule has 1 saturated carbocycles. The predicted molar refractivity (Wildman–Crippen MR) is 114 cm³/mol. The Hall–Kier alpha value is -1.97. The molecule has 2 amide bonds. The van der Waals surface area contributed by atoms with Gasteiger partial charge in [0.2, 0.25) is 0 Å². The molecule has 4 aliphatic rings. The zero-order valence-corrected chi connectivity index (χ0v) is 19.6. The van der Waals surface area contributed by atoms with Crippen molar-refractivity contribution >= 4 is 19.8 Å². The van der Waals surface area contributed by atoms with E-state index in [0.717, 1.165) is 30.6 Å². The molecule has 4 rings (SSSR count). The Kier molecular flexibility index (Phi) is 7.36. The van der Waals surface area contributed by atoms with Crippen molar-refractivity contribution in [2.45, 2.75) is 75.4 Å². The first-order valence-corrected chi connectivity index (χ1v) is 12.7. The first kappa shape index (κ1) is 25.1. The van der Waals surface area contributed by atoms with Crippen molar-refractivity contribution in [3.8, 4) is 12.3 Å². The minimum atomic E-state index is -4.15. The Morgan fingerprint density at radius 1 is 1.47 bits per heavy atom. The fourth-order valence-corrected chi connectivity index (χ4v) is 5.72. The highest BCUT2D eigenvalue weighted by Gasteiger charge is 2.63. The number of terminal acetylenes is 1. The quantitative estimate of drug-likeness (QED) is 0.262. The topological polar surface area (TPSA) is 153 Å². The molecule has 12 nitrogen and oxygen atoms in total. The molecule has 3 N–H and O–H groups in total. The van der Waals surface area contributed by atoms with Gasteiger partial charge in [-0.3, -0.25) is 23.3 Å². The third-order valence-corrected chi connectivity index (χ3v) is 7.75. The second-order valence-electron chi connectivity index (χ2n) is 8.77. The van der Waals surface area contributed by atoms with Gasteiger partial charge in [0, 0.05) is 6.20 Å². The van der Waals surface area contributed by atoms with Crippen molar-refractivity contribution in [3.63, 3.8) is 0 Å². The van der Waals surface area contributed by atoms with Gasteiger partial charge in [-0.25, -0.2) is 9.36 Å². The number of urea groups is 1. The Balaban J connectivity index is 1.35. The standard InChI is InChI=1S/C21H29N2O10P/c1-3-21(27)17-15(32-19(21)23-10-8-16(24)22-20(23)26)12-30-34(28,33-17)29-11-9-13(2)18(25)31-14-6-4-5-7-14/h1,8,10,13-17,19,24,27H,4-7,9,11-12H2,2H3,(H,22,26)/t13?,15?,16?,17-,19-,21-,34-/m1/s1. The summed E-state index contributed by atoms with van der Waals surface area (Å²) in [5.41, 5.74) is -2.18. The normalized spacial score (nSPS) is 38.8. The number of amides is 2. The number of aliphatic hydroxyl groups excluding tert-OH is 1. The van der Waals surface area contributed by atoms with E-state index in [2.05, 4.69) is 11.2 Å². The highest BCUT2D eigenvalue weighted by molar-refractivity contribution is 7.48. The van der Waals surface area contributed by atoms with Gasteiger partial charge < -0.3 is 25.0 Å². The lowest BCUT2D eigenvalue weighted by Gasteiger charge is -2.36. The third-order valence-electron chi connectivity index (χ3n) is 6.30. The van der Waals surface area contributed by atoms with Crippen molar-refractivity contribution in [2.75, 3.05) is 13.2 Å². The average molecular weight is 500 g/mol. The molecular weight excluding hydrogens is 471 g/mol. The molecular formula is C21H29N2O10P. The fraction of sp³-hybridized carbons (Fsp3) is 0.714. The zero-order valence-electron chi connectivity index (χ0n) is 18.7. The van der Waals surface area contributed by atoms with Crippen LogP contribution in [0.3, 0.4) is 0 Å². The van der Waals surface area contributed by atoms with Crippen molar-refractivity contribution in [1.82, 2.24) is 10.2 Å². The van der Waals surface area contributed by atoms with E-state index in [0.29, 0.717) is 0 Å². The Morgan fingerprint density at radius 3 is 2.88 bits per heavy atom. The number of esters is 1. The van der Waals surface area contributed by atoms with E-state index in [1.807, 2.05) is 0 Å². The molecule has 188 valence electrons. The number of fused-ring (bicyclic) bond motifs is 1. The molecule has 0 aromatic carbocycles. The molecule has 0 radical (unpaired) electrons. The lowest BCUT2D eigenvalue weighted by molar-refractivity contribution is -0.153. The van der Waals surface area contributed by atoms with Gasteiger partial charge >= 0.3 is 19.8 Å². The minimum Gasteiger partial charge on any atom is -0.462 e. The number of hydrogen-bond donors (Lipinski definition) is 3. The lowest BCUT2D eigenvalue weighted by Crippen LogP contribution is -2.59. The number of ether oxygens (including phenoxy) is 2. The monoisotopic (exact) mass is 500 g/mol. The molecule has 2 saturated heterocycles. The molecule has 34 heavy (non-hydrogen) atoms. The summed E-state index contributed by atoms with van der Waals surface area (Å²) in [5, 5.41) is 22.9. The van der Waals surface area contributed by atoms with E-state index < -0.39 is 50.0 Å². The number of carbonyl (C=O) groups excluding carboxylic acids is 2. The van der Waals surface area contributed by atoms with Crippen molar-refractivity contribution < 1.29 is 47.4 Å². The van der Waals surface area contributed by atoms with Crippen molar-refractivity contribution in [2.24, 2.45) is 5.92 Å². The Morgan fingerprint density at radius 2 is 2.21 bits per heavy atom. The summed E-state index contributed by atoms with van der Waals surface area (Å²) in [7, 11) is -4.15. The van der Waals surface area contributed by atoms with Gasteiger partial charge in [-0.1, -0.05) is 12.8 Å². The second kappa shape index (κ2) is 9.95. The molecule has 0 spiro atoms. The van der Waals surface area contributed by atoms with Gasteiger partial charge in [-0.2, -0.15) is 0 Å². The number of rotatable bonds is 7. The van der Waals surface area contributed by atoms with Crippen LogP contribution in [0, 0.1) is 18.3 Å². The molecule has 1 aliphatic carbocycles. The SMILES string of the molecule is C#C[C@@]1(O)[C@@H]2O[P@](=O)(OCCC(C)C(=O)OC3CCCC3)OCC2O[C@H]1N1C=CC(O)NC1=O. The smallest absolute Gasteiger partial charge is 0.462 e. The van der Waals surface area contributed by atoms with Crippen molar-refractivity contribution in [3.05, 3.63) is 12.3 Å². The molecule has 0 bridgehead atoms. The van der Waals surface area contributed by atoms with Crippen LogP contribution in [0.1, 0.15) is 39.0 Å². The molecule has 0 aromatic rings. The second-order valence-corrected chi connectivity index (χ2v) is 10.4. The summed E-state index contributed by atoms with van der Waals surface area (Å²) in [4.78, 5) is 25.5. The maximum Gasteiger partial charge on any atom is 0.475 e. The first-order valence-electron chi connectivity index (χ1n) is 11.2. The molecule has 3 aliphatic heterocycles. The van der Waals surface area contributed by atoms with Gasteiger partial charge in [-0.05, 0) is 38.2 Å². The van der Waals surface area contributed by atoms with Crippen LogP contribution in [0.15, 0.2) is 12.3 Å². The van der Waals surface area contributed by atoms with E-state index in [9.17, 15) is 24.4 Å². The van der Waals surface area contributed by atoms with E-state index in [1.165, 1.54) is 12.3 Å². The van der Waals surface area contributed by atoms with Crippen LogP contribution in [0.25, 0.3) is 0 Å². The largest absolute Gasteiger partial charge is 0.475 e. The zero-order chi connectivity index (χ0) is 24.5. The molecule has 0 aromatic heterocycles. The summed E-state index contributed by atoms with van der Waals surface area (Å²) in [6.07, 6.45) is 7.18. The highest BCUT2D eigenvalue weighted by atomic mass is 31.2. The predicted octanol–water partition coefficient (Wildman–Crippen LogP) is 0.985. The van der Waals surface area contributed by atoms with Crippen LogP contribution >= 0.6 is 7.82 Å². The van der Waals surface area contributed by atoms with E-state index in [-0.39, 0.29) is 31.7 Å². The van der Waals surface area contributed by atoms with E-state index in [4.69, 9.17) is 29.5 Å². The van der Waals surface area contributed by atoms with Crippen LogP contribution in [-0.2, 0) is 32.4 Å². The fourth-order valence-electron chi connectivity index (χ4n) is 4.29. The summed E-state index contributed by atoms with van der Waals surface area (Å²) in [6.45, 7) is 1.29. The van der Waals surface area contributed by atoms with Gasteiger partial charge in [0.15, 0.2) is 11.8 Å². The number of carbonyl (C=O) groups is 2. The number of phosphoric acid groups is 1. The van der Waals surface area contributed by atoms with E-state index >= 15 is 0 Å². The number of hydrogen-bond acceptors (Lipinski definition) is 10. The summed E-state index contributed by atoms with van der Waals surface area (Å²) in [5.74, 6) is 1.35. The molecule has 3 unspecified atom stereocenters. The van der Waals surface area contributed by atoms with Crippen LogP contribution in [0.4, 0.5) is 4.79 Å². The van der Waals surface area contributed by atoms with Gasteiger partial charge in [0.1, 0.15) is 24.5 Å². The highest BCUT2D eigenvalue weighted by Crippen LogP contribution is 2.57. The number of phosphoric ester groups is 1. The molecule has 13 heteroatoms. The average Bonchev–Trinajstić information content (AvgIpc) is 3.40. The maximum absolute atomic E-state index is 13.0. The minimum absolute atomic E-state index is 0.0481. The van der Waals surface area contributed by atoms with Crippen LogP contribution in [0.5, 0.6) is 0 Å². The van der Waals surface area contributed by atoms with Crippen molar-refractivity contribution in [1.29, 1.82) is 0 Å². The summed E-state index contributed by atoms with van der Waals surface area (Å²) < 4.78 is 40.3. The first-order chi connectivity index (χ1) is 16.1. The van der Waals surface area contributed by atoms with Crippen LogP contribution < -0.4 is 5.32 Å². The van der Waals surface area contributed by atoms with Gasteiger partial charge in [0.25, 0.3) is 0 Å². The lowest BCUT2D eigenvalue weighted by atomic mass is 9.94. The number of nitrogens with one attached hydrogen (secondary N) is 1. The third kappa shape index (κ3) is 5.02. The Bertz CT molecular complexity index is 916. The van der Waals surface area contributed by atoms with Gasteiger partial charge in [0.05, 0.1) is 19.1 Å². The molecule has 7 atom stereocenters.